The molecule has 10 nitrogen and oxygen atoms in total. The SMILES string of the molecule is COCCOCCOCCOCC(=O)OC[C@H](CN(C(C)(C)C)S(C)(=O)=O)O[C@@H](C)C(C)(C)C. The van der Waals surface area contributed by atoms with Crippen LogP contribution < -0.4 is 0 Å². The van der Waals surface area contributed by atoms with Crippen LogP contribution in [0.1, 0.15) is 48.5 Å². The Morgan fingerprint density at radius 2 is 1.38 bits per heavy atom. The van der Waals surface area contributed by atoms with Crippen molar-refractivity contribution >= 4 is 16.0 Å². The molecule has 0 bridgehead atoms. The Balaban J connectivity index is 4.62. The van der Waals surface area contributed by atoms with Crippen LogP contribution in [0, 0.1) is 5.41 Å². The van der Waals surface area contributed by atoms with E-state index in [0.29, 0.717) is 33.0 Å². The molecule has 204 valence electrons. The topological polar surface area (TPSA) is 110 Å². The zero-order chi connectivity index (χ0) is 26.4. The first-order chi connectivity index (χ1) is 15.6. The molecule has 0 aliphatic rings. The van der Waals surface area contributed by atoms with Gasteiger partial charge in [0.15, 0.2) is 0 Å². The Kier molecular flexibility index (Phi) is 15.6. The normalized spacial score (nSPS) is 14.9. The molecule has 0 aliphatic heterocycles. The largest absolute Gasteiger partial charge is 0.461 e. The van der Waals surface area contributed by atoms with Crippen molar-refractivity contribution in [2.24, 2.45) is 5.41 Å². The Bertz CT molecular complexity index is 656. The quantitative estimate of drug-likeness (QED) is 0.201. The lowest BCUT2D eigenvalue weighted by Crippen LogP contribution is -2.51. The molecule has 0 unspecified atom stereocenters. The van der Waals surface area contributed by atoms with Crippen LogP contribution in [0.3, 0.4) is 0 Å². The third-order valence-electron chi connectivity index (χ3n) is 4.96. The molecule has 0 aliphatic carbocycles. The summed E-state index contributed by atoms with van der Waals surface area (Å²) in [5.41, 5.74) is -0.820. The smallest absolute Gasteiger partial charge is 0.332 e. The van der Waals surface area contributed by atoms with Crippen LogP contribution in [0.5, 0.6) is 0 Å². The van der Waals surface area contributed by atoms with Crippen molar-refractivity contribution in [2.45, 2.75) is 66.2 Å². The van der Waals surface area contributed by atoms with E-state index in [9.17, 15) is 13.2 Å². The highest BCUT2D eigenvalue weighted by Gasteiger charge is 2.34. The first kappa shape index (κ1) is 33.2. The summed E-state index contributed by atoms with van der Waals surface area (Å²) < 4.78 is 58.4. The van der Waals surface area contributed by atoms with E-state index in [-0.39, 0.29) is 37.9 Å². The lowest BCUT2D eigenvalue weighted by Gasteiger charge is -2.38. The molecule has 0 spiro atoms. The molecule has 0 saturated carbocycles. The second kappa shape index (κ2) is 16.0. The Hall–Kier alpha value is -0.820. The number of ether oxygens (including phenoxy) is 6. The van der Waals surface area contributed by atoms with Gasteiger partial charge in [0.05, 0.1) is 52.0 Å². The van der Waals surface area contributed by atoms with Crippen LogP contribution in [0.15, 0.2) is 0 Å². The zero-order valence-electron chi connectivity index (χ0n) is 22.5. The molecular formula is C23H47NO9S. The van der Waals surface area contributed by atoms with Crippen molar-refractivity contribution < 1.29 is 41.6 Å². The molecule has 2 atom stereocenters. The number of hydrogen-bond acceptors (Lipinski definition) is 9. The monoisotopic (exact) mass is 513 g/mol. The number of carbonyl (C=O) groups excluding carboxylic acids is 1. The van der Waals surface area contributed by atoms with E-state index in [1.807, 2.05) is 48.5 Å². The molecule has 0 aromatic heterocycles. The number of esters is 1. The van der Waals surface area contributed by atoms with Gasteiger partial charge < -0.3 is 28.4 Å². The second-order valence-electron chi connectivity index (χ2n) is 10.2. The van der Waals surface area contributed by atoms with Gasteiger partial charge in [-0.3, -0.25) is 0 Å². The van der Waals surface area contributed by atoms with E-state index in [0.717, 1.165) is 6.26 Å². The van der Waals surface area contributed by atoms with Gasteiger partial charge in [0.1, 0.15) is 19.3 Å². The van der Waals surface area contributed by atoms with Crippen LogP contribution >= 0.6 is 0 Å². The van der Waals surface area contributed by atoms with E-state index in [2.05, 4.69) is 0 Å². The highest BCUT2D eigenvalue weighted by molar-refractivity contribution is 7.88. The van der Waals surface area contributed by atoms with Gasteiger partial charge in [-0.15, -0.1) is 0 Å². The second-order valence-corrected chi connectivity index (χ2v) is 12.1. The van der Waals surface area contributed by atoms with E-state index >= 15 is 0 Å². The molecule has 0 aromatic carbocycles. The number of rotatable bonds is 18. The minimum Gasteiger partial charge on any atom is -0.461 e. The molecule has 0 saturated heterocycles. The first-order valence-corrected chi connectivity index (χ1v) is 13.4. The van der Waals surface area contributed by atoms with Crippen LogP contribution in [-0.2, 0) is 43.2 Å². The third-order valence-corrected chi connectivity index (χ3v) is 6.46. The Labute approximate surface area is 206 Å². The summed E-state index contributed by atoms with van der Waals surface area (Å²) in [4.78, 5) is 12.1. The van der Waals surface area contributed by atoms with Crippen molar-refractivity contribution in [3.05, 3.63) is 0 Å². The average molecular weight is 514 g/mol. The minimum absolute atomic E-state index is 0.0666. The fourth-order valence-corrected chi connectivity index (χ4v) is 4.12. The lowest BCUT2D eigenvalue weighted by molar-refractivity contribution is -0.157. The predicted molar refractivity (Wildman–Crippen MR) is 130 cm³/mol. The standard InChI is InChI=1S/C23H47NO9S/c1-19(22(2,3)4)33-20(16-24(23(5,6)7)34(9,26)27)17-32-21(25)18-31-15-14-30-13-12-29-11-10-28-8/h19-20H,10-18H2,1-9H3/t19-,20-/m0/s1. The van der Waals surface area contributed by atoms with Gasteiger partial charge in [0.25, 0.3) is 0 Å². The summed E-state index contributed by atoms with van der Waals surface area (Å²) in [6.07, 6.45) is 0.342. The lowest BCUT2D eigenvalue weighted by atomic mass is 9.90. The predicted octanol–water partition coefficient (Wildman–Crippen LogP) is 2.11. The van der Waals surface area contributed by atoms with Crippen molar-refractivity contribution in [1.29, 1.82) is 0 Å². The van der Waals surface area contributed by atoms with Crippen molar-refractivity contribution in [1.82, 2.24) is 4.31 Å². The maximum Gasteiger partial charge on any atom is 0.332 e. The fraction of sp³-hybridized carbons (Fsp3) is 0.957. The molecule has 0 radical (unpaired) electrons. The molecule has 0 heterocycles. The summed E-state index contributed by atoms with van der Waals surface area (Å²) in [5.74, 6) is -0.554. The molecule has 0 amide bonds. The Morgan fingerprint density at radius 1 is 0.882 bits per heavy atom. The van der Waals surface area contributed by atoms with Crippen molar-refractivity contribution in [3.63, 3.8) is 0 Å². The van der Waals surface area contributed by atoms with Gasteiger partial charge in [0, 0.05) is 19.2 Å². The van der Waals surface area contributed by atoms with Crippen molar-refractivity contribution in [3.8, 4) is 0 Å². The summed E-state index contributed by atoms with van der Waals surface area (Å²) in [6, 6.07) is 0. The highest BCUT2D eigenvalue weighted by atomic mass is 32.2. The van der Waals surface area contributed by atoms with Gasteiger partial charge in [-0.05, 0) is 33.1 Å². The van der Waals surface area contributed by atoms with E-state index in [4.69, 9.17) is 28.4 Å². The third kappa shape index (κ3) is 16.0. The van der Waals surface area contributed by atoms with Crippen LogP contribution in [0.2, 0.25) is 0 Å². The molecule has 0 aromatic rings. The van der Waals surface area contributed by atoms with E-state index in [1.165, 1.54) is 4.31 Å². The summed E-state index contributed by atoms with van der Waals surface area (Å²) in [5, 5.41) is 0. The molecular weight excluding hydrogens is 466 g/mol. The average Bonchev–Trinajstić information content (AvgIpc) is 2.68. The summed E-state index contributed by atoms with van der Waals surface area (Å²) in [7, 11) is -1.89. The Morgan fingerprint density at radius 3 is 1.82 bits per heavy atom. The molecule has 11 heteroatoms. The number of methoxy groups -OCH3 is 1. The number of nitrogens with zero attached hydrogens (tertiary/aromatic N) is 1. The number of hydrogen-bond donors (Lipinski definition) is 0. The van der Waals surface area contributed by atoms with E-state index in [1.54, 1.807) is 7.11 Å². The van der Waals surface area contributed by atoms with Gasteiger partial charge in [-0.25, -0.2) is 13.2 Å². The van der Waals surface area contributed by atoms with Crippen molar-refractivity contribution in [2.75, 3.05) is 72.8 Å². The minimum atomic E-state index is -3.50. The van der Waals surface area contributed by atoms with Crippen LogP contribution in [0.4, 0.5) is 0 Å². The molecule has 0 rings (SSSR count). The summed E-state index contributed by atoms with van der Waals surface area (Å²) in [6.45, 7) is 15.7. The molecule has 0 fully saturated rings. The maximum absolute atomic E-state index is 12.4. The van der Waals surface area contributed by atoms with Gasteiger partial charge in [0.2, 0.25) is 10.0 Å². The van der Waals surface area contributed by atoms with Gasteiger partial charge in [-0.1, -0.05) is 20.8 Å². The highest BCUT2D eigenvalue weighted by Crippen LogP contribution is 2.25. The van der Waals surface area contributed by atoms with Crippen LogP contribution in [0.25, 0.3) is 0 Å². The zero-order valence-corrected chi connectivity index (χ0v) is 23.4. The number of sulfonamides is 1. The molecule has 0 N–H and O–H groups in total. The van der Waals surface area contributed by atoms with E-state index < -0.39 is 27.6 Å². The fourth-order valence-electron chi connectivity index (χ4n) is 2.68. The summed E-state index contributed by atoms with van der Waals surface area (Å²) >= 11 is 0. The number of carbonyl (C=O) groups is 1. The maximum atomic E-state index is 12.4. The van der Waals surface area contributed by atoms with Gasteiger partial charge >= 0.3 is 5.97 Å². The first-order valence-electron chi connectivity index (χ1n) is 11.6. The van der Waals surface area contributed by atoms with Gasteiger partial charge in [-0.2, -0.15) is 4.31 Å². The van der Waals surface area contributed by atoms with Crippen LogP contribution in [-0.4, -0.2) is 109 Å². The molecule has 34 heavy (non-hydrogen) atoms.